The zero-order valence-electron chi connectivity index (χ0n) is 12.1. The fourth-order valence-corrected chi connectivity index (χ4v) is 2.99. The monoisotopic (exact) mass is 261 g/mol. The molecule has 0 radical (unpaired) electrons. The molecule has 1 N–H and O–H groups in total. The maximum atomic E-state index is 8.87. The summed E-state index contributed by atoms with van der Waals surface area (Å²) in [6, 6.07) is 9.24. The van der Waals surface area contributed by atoms with E-state index in [-0.39, 0.29) is 6.61 Å². The van der Waals surface area contributed by atoms with Crippen molar-refractivity contribution in [1.29, 1.82) is 0 Å². The molecule has 1 fully saturated rings. The van der Waals surface area contributed by atoms with Gasteiger partial charge in [0.15, 0.2) is 0 Å². The quantitative estimate of drug-likeness (QED) is 0.850. The van der Waals surface area contributed by atoms with Crippen molar-refractivity contribution in [3.8, 4) is 0 Å². The average molecular weight is 261 g/mol. The van der Waals surface area contributed by atoms with E-state index in [1.807, 2.05) is 0 Å². The first kappa shape index (κ1) is 14.5. The Labute approximate surface area is 117 Å². The van der Waals surface area contributed by atoms with E-state index in [1.165, 1.54) is 43.2 Å². The summed E-state index contributed by atoms with van der Waals surface area (Å²) in [5, 5.41) is 8.87. The van der Waals surface area contributed by atoms with Crippen LogP contribution in [0.2, 0.25) is 0 Å². The van der Waals surface area contributed by atoms with Gasteiger partial charge in [0.2, 0.25) is 0 Å². The molecule has 1 aliphatic rings. The van der Waals surface area contributed by atoms with Crippen LogP contribution in [-0.2, 0) is 6.42 Å². The van der Waals surface area contributed by atoms with Crippen molar-refractivity contribution in [2.45, 2.75) is 44.4 Å². The Hall–Kier alpha value is -0.860. The van der Waals surface area contributed by atoms with Gasteiger partial charge in [-0.2, -0.15) is 0 Å². The molecule has 0 heterocycles. The minimum absolute atomic E-state index is 0.247. The first-order valence-corrected chi connectivity index (χ1v) is 7.68. The van der Waals surface area contributed by atoms with Crippen LogP contribution in [0.4, 0.5) is 0 Å². The lowest BCUT2D eigenvalue weighted by Crippen LogP contribution is -2.24. The summed E-state index contributed by atoms with van der Waals surface area (Å²) in [6.45, 7) is 2.03. The molecule has 106 valence electrons. The molecule has 0 spiro atoms. The smallest absolute Gasteiger partial charge is 0.0558 e. The van der Waals surface area contributed by atoms with Crippen LogP contribution in [0.1, 0.15) is 49.1 Å². The highest BCUT2D eigenvalue weighted by Gasteiger charge is 2.14. The van der Waals surface area contributed by atoms with Gasteiger partial charge in [-0.3, -0.25) is 0 Å². The molecule has 0 aliphatic heterocycles. The van der Waals surface area contributed by atoms with Crippen molar-refractivity contribution in [3.05, 3.63) is 35.4 Å². The van der Waals surface area contributed by atoms with Crippen LogP contribution in [0.3, 0.4) is 0 Å². The second-order valence-electron chi connectivity index (χ2n) is 5.85. The molecule has 1 aromatic carbocycles. The van der Waals surface area contributed by atoms with Crippen molar-refractivity contribution >= 4 is 0 Å². The molecule has 1 aliphatic carbocycles. The Bertz CT molecular complexity index is 354. The molecule has 0 bridgehead atoms. The lowest BCUT2D eigenvalue weighted by Gasteiger charge is -2.22. The number of hydrogen-bond acceptors (Lipinski definition) is 2. The van der Waals surface area contributed by atoms with Crippen molar-refractivity contribution in [3.63, 3.8) is 0 Å². The topological polar surface area (TPSA) is 23.5 Å². The fourth-order valence-electron chi connectivity index (χ4n) is 2.99. The molecule has 0 amide bonds. The predicted molar refractivity (Wildman–Crippen MR) is 80.6 cm³/mol. The Balaban J connectivity index is 1.83. The maximum Gasteiger partial charge on any atom is 0.0558 e. The molecule has 2 nitrogen and oxygen atoms in total. The third-order valence-electron chi connectivity index (χ3n) is 4.32. The number of aliphatic hydroxyl groups is 1. The summed E-state index contributed by atoms with van der Waals surface area (Å²) in [5.41, 5.74) is 2.94. The minimum atomic E-state index is 0.247. The van der Waals surface area contributed by atoms with Gasteiger partial charge in [0.05, 0.1) is 6.61 Å². The third-order valence-corrected chi connectivity index (χ3v) is 4.32. The molecule has 0 saturated heterocycles. The molecule has 0 atom stereocenters. The second kappa shape index (κ2) is 7.66. The Kier molecular flexibility index (Phi) is 5.87. The maximum absolute atomic E-state index is 8.87. The van der Waals surface area contributed by atoms with E-state index in [1.54, 1.807) is 0 Å². The highest BCUT2D eigenvalue weighted by molar-refractivity contribution is 5.26. The van der Waals surface area contributed by atoms with Crippen LogP contribution in [-0.4, -0.2) is 36.8 Å². The molecule has 19 heavy (non-hydrogen) atoms. The van der Waals surface area contributed by atoms with Gasteiger partial charge in [-0.25, -0.2) is 0 Å². The molecular formula is C17H27NO. The zero-order chi connectivity index (χ0) is 13.5. The highest BCUT2D eigenvalue weighted by atomic mass is 16.3. The number of benzene rings is 1. The van der Waals surface area contributed by atoms with Gasteiger partial charge in [0, 0.05) is 13.1 Å². The van der Waals surface area contributed by atoms with E-state index in [2.05, 4.69) is 36.2 Å². The molecule has 0 aromatic heterocycles. The van der Waals surface area contributed by atoms with E-state index < -0.39 is 0 Å². The van der Waals surface area contributed by atoms with Crippen molar-refractivity contribution in [2.24, 2.45) is 0 Å². The zero-order valence-corrected chi connectivity index (χ0v) is 12.1. The van der Waals surface area contributed by atoms with E-state index in [0.29, 0.717) is 0 Å². The number of hydrogen-bond donors (Lipinski definition) is 1. The SMILES string of the molecule is CN(CCO)CCc1ccc(C2CCCCC2)cc1. The van der Waals surface area contributed by atoms with Gasteiger partial charge < -0.3 is 10.0 Å². The summed E-state index contributed by atoms with van der Waals surface area (Å²) in [4.78, 5) is 2.18. The van der Waals surface area contributed by atoms with Crippen LogP contribution < -0.4 is 0 Å². The average Bonchev–Trinajstić information content (AvgIpc) is 2.47. The van der Waals surface area contributed by atoms with Gasteiger partial charge in [0.25, 0.3) is 0 Å². The van der Waals surface area contributed by atoms with Crippen LogP contribution in [0.5, 0.6) is 0 Å². The largest absolute Gasteiger partial charge is 0.395 e. The van der Waals surface area contributed by atoms with E-state index in [0.717, 1.165) is 25.4 Å². The Morgan fingerprint density at radius 3 is 2.37 bits per heavy atom. The third kappa shape index (κ3) is 4.63. The highest BCUT2D eigenvalue weighted by Crippen LogP contribution is 2.32. The van der Waals surface area contributed by atoms with Gasteiger partial charge in [-0.05, 0) is 43.4 Å². The van der Waals surface area contributed by atoms with Crippen LogP contribution in [0.25, 0.3) is 0 Å². The summed E-state index contributed by atoms with van der Waals surface area (Å²) < 4.78 is 0. The van der Waals surface area contributed by atoms with E-state index in [4.69, 9.17) is 5.11 Å². The lowest BCUT2D eigenvalue weighted by atomic mass is 9.84. The van der Waals surface area contributed by atoms with Crippen molar-refractivity contribution in [1.82, 2.24) is 4.90 Å². The summed E-state index contributed by atoms with van der Waals surface area (Å²) in [6.07, 6.45) is 8.04. The Morgan fingerprint density at radius 2 is 1.74 bits per heavy atom. The number of aliphatic hydroxyl groups excluding tert-OH is 1. The summed E-state index contributed by atoms with van der Waals surface area (Å²) in [7, 11) is 2.06. The number of nitrogens with zero attached hydrogens (tertiary/aromatic N) is 1. The minimum Gasteiger partial charge on any atom is -0.395 e. The van der Waals surface area contributed by atoms with Gasteiger partial charge in [-0.15, -0.1) is 0 Å². The molecule has 2 rings (SSSR count). The predicted octanol–water partition coefficient (Wildman–Crippen LogP) is 3.20. The number of rotatable bonds is 6. The molecule has 1 saturated carbocycles. The fraction of sp³-hybridized carbons (Fsp3) is 0.647. The summed E-state index contributed by atoms with van der Waals surface area (Å²) >= 11 is 0. The van der Waals surface area contributed by atoms with E-state index >= 15 is 0 Å². The van der Waals surface area contributed by atoms with E-state index in [9.17, 15) is 0 Å². The van der Waals surface area contributed by atoms with Gasteiger partial charge in [-0.1, -0.05) is 43.5 Å². The lowest BCUT2D eigenvalue weighted by molar-refractivity contribution is 0.223. The standard InChI is InChI=1S/C17H27NO/c1-18(13-14-19)12-11-15-7-9-17(10-8-15)16-5-3-2-4-6-16/h7-10,16,19H,2-6,11-14H2,1H3. The van der Waals surface area contributed by atoms with Crippen LogP contribution in [0, 0.1) is 0 Å². The molecule has 0 unspecified atom stereocenters. The molecular weight excluding hydrogens is 234 g/mol. The molecule has 1 aromatic rings. The second-order valence-corrected chi connectivity index (χ2v) is 5.85. The first-order chi connectivity index (χ1) is 9.29. The Morgan fingerprint density at radius 1 is 1.05 bits per heavy atom. The van der Waals surface area contributed by atoms with Crippen LogP contribution >= 0.6 is 0 Å². The molecule has 2 heteroatoms. The van der Waals surface area contributed by atoms with Crippen molar-refractivity contribution in [2.75, 3.05) is 26.7 Å². The number of likely N-dealkylation sites (N-methyl/N-ethyl adjacent to an activating group) is 1. The van der Waals surface area contributed by atoms with Crippen LogP contribution in [0.15, 0.2) is 24.3 Å². The van der Waals surface area contributed by atoms with Gasteiger partial charge >= 0.3 is 0 Å². The first-order valence-electron chi connectivity index (χ1n) is 7.68. The summed E-state index contributed by atoms with van der Waals surface area (Å²) in [5.74, 6) is 0.805. The normalized spacial score (nSPS) is 17.0. The van der Waals surface area contributed by atoms with Crippen molar-refractivity contribution < 1.29 is 5.11 Å². The van der Waals surface area contributed by atoms with Gasteiger partial charge in [0.1, 0.15) is 0 Å².